The van der Waals surface area contributed by atoms with Crippen LogP contribution in [0.25, 0.3) is 11.1 Å². The Morgan fingerprint density at radius 1 is 1.37 bits per heavy atom. The smallest absolute Gasteiger partial charge is 0.131 e. The summed E-state index contributed by atoms with van der Waals surface area (Å²) < 4.78 is 15.9. The van der Waals surface area contributed by atoms with Gasteiger partial charge in [0.2, 0.25) is 0 Å². The first kappa shape index (κ1) is 12.4. The molecule has 3 nitrogen and oxygen atoms in total. The van der Waals surface area contributed by atoms with Crippen molar-refractivity contribution < 1.29 is 4.39 Å². The zero-order valence-electron chi connectivity index (χ0n) is 11.3. The molecule has 2 aromatic rings. The lowest BCUT2D eigenvalue weighted by Crippen LogP contribution is -2.15. The van der Waals surface area contributed by atoms with Crippen molar-refractivity contribution in [2.24, 2.45) is 7.05 Å². The van der Waals surface area contributed by atoms with Gasteiger partial charge in [0.25, 0.3) is 0 Å². The van der Waals surface area contributed by atoms with E-state index in [-0.39, 0.29) is 5.82 Å². The summed E-state index contributed by atoms with van der Waals surface area (Å²) in [7, 11) is 1.85. The van der Waals surface area contributed by atoms with E-state index in [4.69, 9.17) is 0 Å². The number of nitrogens with zero attached hydrogens (tertiary/aromatic N) is 2. The number of rotatable bonds is 4. The van der Waals surface area contributed by atoms with Crippen molar-refractivity contribution in [1.82, 2.24) is 15.1 Å². The molecular formula is C15H18FN3. The molecule has 1 aromatic carbocycles. The highest BCUT2D eigenvalue weighted by Gasteiger charge is 2.20. The lowest BCUT2D eigenvalue weighted by atomic mass is 10.0. The third-order valence-electron chi connectivity index (χ3n) is 3.51. The predicted molar refractivity (Wildman–Crippen MR) is 73.2 cm³/mol. The molecule has 0 saturated heterocycles. The summed E-state index contributed by atoms with van der Waals surface area (Å²) in [6, 6.07) is 6.10. The van der Waals surface area contributed by atoms with E-state index in [9.17, 15) is 4.39 Å². The second-order valence-corrected chi connectivity index (χ2v) is 5.27. The Labute approximate surface area is 112 Å². The van der Waals surface area contributed by atoms with Gasteiger partial charge in [-0.05, 0) is 31.4 Å². The second kappa shape index (κ2) is 4.78. The Morgan fingerprint density at radius 3 is 2.74 bits per heavy atom. The number of hydrogen-bond acceptors (Lipinski definition) is 2. The van der Waals surface area contributed by atoms with Gasteiger partial charge in [-0.2, -0.15) is 5.10 Å². The zero-order valence-corrected chi connectivity index (χ0v) is 11.3. The van der Waals surface area contributed by atoms with Gasteiger partial charge in [-0.25, -0.2) is 4.39 Å². The molecule has 1 heterocycles. The van der Waals surface area contributed by atoms with Gasteiger partial charge < -0.3 is 5.32 Å². The second-order valence-electron chi connectivity index (χ2n) is 5.27. The molecule has 1 fully saturated rings. The molecule has 4 heteroatoms. The van der Waals surface area contributed by atoms with E-state index >= 15 is 0 Å². The van der Waals surface area contributed by atoms with Crippen LogP contribution in [0.5, 0.6) is 0 Å². The van der Waals surface area contributed by atoms with Gasteiger partial charge >= 0.3 is 0 Å². The van der Waals surface area contributed by atoms with Crippen LogP contribution in [0, 0.1) is 12.7 Å². The van der Waals surface area contributed by atoms with Crippen molar-refractivity contribution in [2.75, 3.05) is 0 Å². The fraction of sp³-hybridized carbons (Fsp3) is 0.400. The molecular weight excluding hydrogens is 241 g/mol. The van der Waals surface area contributed by atoms with E-state index in [1.807, 2.05) is 32.3 Å². The average Bonchev–Trinajstić information content (AvgIpc) is 3.12. The minimum Gasteiger partial charge on any atom is -0.310 e. The van der Waals surface area contributed by atoms with Crippen molar-refractivity contribution in [1.29, 1.82) is 0 Å². The van der Waals surface area contributed by atoms with Gasteiger partial charge in [-0.1, -0.05) is 12.1 Å². The average molecular weight is 259 g/mol. The van der Waals surface area contributed by atoms with Crippen LogP contribution in [0.2, 0.25) is 0 Å². The topological polar surface area (TPSA) is 29.9 Å². The Hall–Kier alpha value is -1.68. The molecule has 1 saturated carbocycles. The van der Waals surface area contributed by atoms with Gasteiger partial charge in [0.15, 0.2) is 0 Å². The molecule has 0 bridgehead atoms. The lowest BCUT2D eigenvalue weighted by Gasteiger charge is -2.06. The Bertz CT molecular complexity index is 599. The van der Waals surface area contributed by atoms with Crippen LogP contribution >= 0.6 is 0 Å². The standard InChI is InChI=1S/C15H18FN3/c1-10-14(9-19(2)18-10)13-6-3-11(7-15(13)16)8-17-12-4-5-12/h3,6-7,9,12,17H,4-5,8H2,1-2H3. The summed E-state index contributed by atoms with van der Waals surface area (Å²) in [5.41, 5.74) is 3.34. The Morgan fingerprint density at radius 2 is 2.16 bits per heavy atom. The molecule has 100 valence electrons. The molecule has 1 aliphatic carbocycles. The van der Waals surface area contributed by atoms with Gasteiger partial charge in [0, 0.05) is 37.0 Å². The zero-order chi connectivity index (χ0) is 13.4. The maximum Gasteiger partial charge on any atom is 0.131 e. The van der Waals surface area contributed by atoms with E-state index in [0.29, 0.717) is 11.6 Å². The van der Waals surface area contributed by atoms with Crippen LogP contribution in [0.4, 0.5) is 4.39 Å². The summed E-state index contributed by atoms with van der Waals surface area (Å²) in [6.07, 6.45) is 4.35. The normalized spacial score (nSPS) is 14.9. The van der Waals surface area contributed by atoms with Crippen LogP contribution < -0.4 is 5.32 Å². The van der Waals surface area contributed by atoms with Crippen molar-refractivity contribution >= 4 is 0 Å². The monoisotopic (exact) mass is 259 g/mol. The van der Waals surface area contributed by atoms with Crippen LogP contribution in [0.3, 0.4) is 0 Å². The third kappa shape index (κ3) is 2.68. The summed E-state index contributed by atoms with van der Waals surface area (Å²) in [5.74, 6) is -0.175. The molecule has 0 atom stereocenters. The number of hydrogen-bond donors (Lipinski definition) is 1. The first-order chi connectivity index (χ1) is 9.13. The van der Waals surface area contributed by atoms with Gasteiger partial charge in [-0.15, -0.1) is 0 Å². The van der Waals surface area contributed by atoms with Gasteiger partial charge in [0.1, 0.15) is 5.82 Å². The largest absolute Gasteiger partial charge is 0.310 e. The minimum atomic E-state index is -0.175. The number of aryl methyl sites for hydroxylation is 2. The SMILES string of the molecule is Cc1nn(C)cc1-c1ccc(CNC2CC2)cc1F. The molecule has 0 spiro atoms. The van der Waals surface area contributed by atoms with E-state index in [1.165, 1.54) is 12.8 Å². The number of halogens is 1. The summed E-state index contributed by atoms with van der Waals surface area (Å²) in [4.78, 5) is 0. The molecule has 19 heavy (non-hydrogen) atoms. The molecule has 3 rings (SSSR count). The van der Waals surface area contributed by atoms with Crippen LogP contribution in [0.15, 0.2) is 24.4 Å². The van der Waals surface area contributed by atoms with Crippen LogP contribution in [-0.4, -0.2) is 15.8 Å². The van der Waals surface area contributed by atoms with E-state index in [0.717, 1.165) is 23.4 Å². The summed E-state index contributed by atoms with van der Waals surface area (Å²) >= 11 is 0. The predicted octanol–water partition coefficient (Wildman–Crippen LogP) is 2.79. The highest BCUT2D eigenvalue weighted by molar-refractivity contribution is 5.66. The third-order valence-corrected chi connectivity index (χ3v) is 3.51. The van der Waals surface area contributed by atoms with Crippen LogP contribution in [0.1, 0.15) is 24.1 Å². The first-order valence-electron chi connectivity index (χ1n) is 6.66. The lowest BCUT2D eigenvalue weighted by molar-refractivity contribution is 0.623. The molecule has 0 radical (unpaired) electrons. The van der Waals surface area contributed by atoms with Crippen molar-refractivity contribution in [3.05, 3.63) is 41.5 Å². The van der Waals surface area contributed by atoms with E-state index in [2.05, 4.69) is 10.4 Å². The maximum absolute atomic E-state index is 14.2. The van der Waals surface area contributed by atoms with Gasteiger partial charge in [-0.3, -0.25) is 4.68 Å². The van der Waals surface area contributed by atoms with Crippen molar-refractivity contribution in [2.45, 2.75) is 32.4 Å². The number of nitrogens with one attached hydrogen (secondary N) is 1. The van der Waals surface area contributed by atoms with Crippen LogP contribution in [-0.2, 0) is 13.6 Å². The highest BCUT2D eigenvalue weighted by Crippen LogP contribution is 2.26. The summed E-state index contributed by atoms with van der Waals surface area (Å²) in [6.45, 7) is 2.64. The number of aromatic nitrogens is 2. The minimum absolute atomic E-state index is 0.175. The van der Waals surface area contributed by atoms with Crippen molar-refractivity contribution in [3.63, 3.8) is 0 Å². The molecule has 0 unspecified atom stereocenters. The molecule has 1 aromatic heterocycles. The molecule has 1 aliphatic rings. The Kier molecular flexibility index (Phi) is 3.11. The molecule has 1 N–H and O–H groups in total. The highest BCUT2D eigenvalue weighted by atomic mass is 19.1. The Balaban J connectivity index is 1.84. The first-order valence-corrected chi connectivity index (χ1v) is 6.66. The fourth-order valence-electron chi connectivity index (χ4n) is 2.30. The van der Waals surface area contributed by atoms with Gasteiger partial charge in [0.05, 0.1) is 5.69 Å². The van der Waals surface area contributed by atoms with E-state index < -0.39 is 0 Å². The van der Waals surface area contributed by atoms with Crippen molar-refractivity contribution in [3.8, 4) is 11.1 Å². The fourth-order valence-corrected chi connectivity index (χ4v) is 2.30. The molecule has 0 amide bonds. The summed E-state index contributed by atoms with van der Waals surface area (Å²) in [5, 5.41) is 7.65. The molecule has 0 aliphatic heterocycles. The maximum atomic E-state index is 14.2. The van der Waals surface area contributed by atoms with E-state index in [1.54, 1.807) is 10.7 Å². The number of benzene rings is 1. The quantitative estimate of drug-likeness (QED) is 0.915.